The van der Waals surface area contributed by atoms with Gasteiger partial charge in [0.1, 0.15) is 30.6 Å². The van der Waals surface area contributed by atoms with Crippen molar-refractivity contribution in [1.29, 1.82) is 0 Å². The normalized spacial score (nSPS) is 14.3. The molecule has 1 aliphatic heterocycles. The van der Waals surface area contributed by atoms with E-state index in [1.54, 1.807) is 13.0 Å². The quantitative estimate of drug-likeness (QED) is 0.279. The highest BCUT2D eigenvalue weighted by Gasteiger charge is 2.20. The highest BCUT2D eigenvalue weighted by atomic mass is 32.1. The zero-order chi connectivity index (χ0) is 25.4. The summed E-state index contributed by atoms with van der Waals surface area (Å²) in [4.78, 5) is 24.9. The van der Waals surface area contributed by atoms with E-state index in [0.29, 0.717) is 12.0 Å². The molecule has 0 saturated carbocycles. The smallest absolute Gasteiger partial charge is 0.251 e. The van der Waals surface area contributed by atoms with E-state index >= 15 is 0 Å². The Morgan fingerprint density at radius 3 is 2.75 bits per heavy atom. The average Bonchev–Trinajstić information content (AvgIpc) is 3.40. The van der Waals surface area contributed by atoms with Crippen molar-refractivity contribution in [3.8, 4) is 5.88 Å². The molecule has 4 aromatic rings. The minimum atomic E-state index is -0.495. The maximum Gasteiger partial charge on any atom is 0.251 e. The van der Waals surface area contributed by atoms with Crippen LogP contribution in [0.4, 0.5) is 4.39 Å². The summed E-state index contributed by atoms with van der Waals surface area (Å²) >= 11 is 1.48. The molecular formula is C27H26BFN4O2S. The fourth-order valence-electron chi connectivity index (χ4n) is 4.32. The number of aryl methyl sites for hydroxylation is 2. The summed E-state index contributed by atoms with van der Waals surface area (Å²) in [6.45, 7) is 5.98. The lowest BCUT2D eigenvalue weighted by atomic mass is 9.89. The number of hydrogen-bond acceptors (Lipinski definition) is 6. The summed E-state index contributed by atoms with van der Waals surface area (Å²) in [5.74, 6) is 0.517. The van der Waals surface area contributed by atoms with E-state index < -0.39 is 5.82 Å². The SMILES string of the molecule is [B]c1cc(C)ccc1COc1nc(C2=CCN(Cc3nc4cc(C(C)=O)sc4n3C)CC2)ccc1F. The van der Waals surface area contributed by atoms with Crippen LogP contribution in [0.25, 0.3) is 15.9 Å². The van der Waals surface area contributed by atoms with Crippen LogP contribution in [-0.4, -0.2) is 46.2 Å². The number of carbonyl (C=O) groups excluding carboxylic acids is 1. The van der Waals surface area contributed by atoms with Crippen molar-refractivity contribution >= 4 is 46.3 Å². The molecule has 6 nitrogen and oxygen atoms in total. The van der Waals surface area contributed by atoms with Crippen molar-refractivity contribution in [2.45, 2.75) is 33.4 Å². The fourth-order valence-corrected chi connectivity index (χ4v) is 5.30. The Labute approximate surface area is 214 Å². The van der Waals surface area contributed by atoms with Gasteiger partial charge in [-0.05, 0) is 49.6 Å². The summed E-state index contributed by atoms with van der Waals surface area (Å²) in [6.07, 6.45) is 2.92. The Balaban J connectivity index is 1.25. The summed E-state index contributed by atoms with van der Waals surface area (Å²) in [5, 5.41) is 0. The molecular weight excluding hydrogens is 474 g/mol. The van der Waals surface area contributed by atoms with Gasteiger partial charge >= 0.3 is 0 Å². The first kappa shape index (κ1) is 24.4. The lowest BCUT2D eigenvalue weighted by Crippen LogP contribution is -2.29. The lowest BCUT2D eigenvalue weighted by molar-refractivity contribution is 0.102. The van der Waals surface area contributed by atoms with Gasteiger partial charge in [-0.1, -0.05) is 35.3 Å². The van der Waals surface area contributed by atoms with Gasteiger partial charge in [-0.2, -0.15) is 0 Å². The molecule has 0 amide bonds. The van der Waals surface area contributed by atoms with Gasteiger partial charge in [-0.15, -0.1) is 11.3 Å². The second kappa shape index (κ2) is 9.99. The van der Waals surface area contributed by atoms with Crippen LogP contribution in [0, 0.1) is 12.7 Å². The van der Waals surface area contributed by atoms with E-state index in [2.05, 4.69) is 20.5 Å². The zero-order valence-corrected chi connectivity index (χ0v) is 21.4. The minimum absolute atomic E-state index is 0.0196. The summed E-state index contributed by atoms with van der Waals surface area (Å²) in [6, 6.07) is 10.7. The summed E-state index contributed by atoms with van der Waals surface area (Å²) in [7, 11) is 8.05. The summed E-state index contributed by atoms with van der Waals surface area (Å²) in [5.41, 5.74) is 5.13. The van der Waals surface area contributed by atoms with Crippen LogP contribution >= 0.6 is 11.3 Å². The fraction of sp³-hybridized carbons (Fsp3) is 0.296. The predicted octanol–water partition coefficient (Wildman–Crippen LogP) is 4.34. The molecule has 0 aliphatic carbocycles. The Morgan fingerprint density at radius 2 is 2.06 bits per heavy atom. The van der Waals surface area contributed by atoms with E-state index in [9.17, 15) is 9.18 Å². The molecule has 1 aliphatic rings. The first-order valence-electron chi connectivity index (χ1n) is 11.8. The van der Waals surface area contributed by atoms with Crippen molar-refractivity contribution < 1.29 is 13.9 Å². The van der Waals surface area contributed by atoms with Crippen molar-refractivity contribution in [2.24, 2.45) is 7.05 Å². The number of aromatic nitrogens is 3. The Bertz CT molecular complexity index is 1490. The molecule has 0 unspecified atom stereocenters. The van der Waals surface area contributed by atoms with Gasteiger partial charge in [0.2, 0.25) is 0 Å². The Morgan fingerprint density at radius 1 is 1.22 bits per heavy atom. The summed E-state index contributed by atoms with van der Waals surface area (Å²) < 4.78 is 22.2. The number of thiophene rings is 1. The minimum Gasteiger partial charge on any atom is -0.471 e. The highest BCUT2D eigenvalue weighted by Crippen LogP contribution is 2.28. The van der Waals surface area contributed by atoms with Crippen molar-refractivity contribution in [3.05, 3.63) is 75.8 Å². The molecule has 36 heavy (non-hydrogen) atoms. The van der Waals surface area contributed by atoms with E-state index in [0.717, 1.165) is 63.0 Å². The number of rotatable bonds is 7. The van der Waals surface area contributed by atoms with Gasteiger partial charge in [0.05, 0.1) is 17.1 Å². The van der Waals surface area contributed by atoms with Gasteiger partial charge < -0.3 is 9.30 Å². The maximum absolute atomic E-state index is 14.4. The molecule has 5 rings (SSSR count). The van der Waals surface area contributed by atoms with Gasteiger partial charge in [0, 0.05) is 20.1 Å². The molecule has 1 aromatic carbocycles. The van der Waals surface area contributed by atoms with E-state index in [4.69, 9.17) is 17.6 Å². The van der Waals surface area contributed by atoms with Gasteiger partial charge in [-0.25, -0.2) is 14.4 Å². The Hall–Kier alpha value is -3.30. The molecule has 0 bridgehead atoms. The van der Waals surface area contributed by atoms with Crippen LogP contribution < -0.4 is 10.2 Å². The number of fused-ring (bicyclic) bond motifs is 1. The van der Waals surface area contributed by atoms with Gasteiger partial charge in [0.25, 0.3) is 5.88 Å². The van der Waals surface area contributed by atoms with Crippen molar-refractivity contribution in [3.63, 3.8) is 0 Å². The zero-order valence-electron chi connectivity index (χ0n) is 20.5. The number of Topliss-reactive ketones (excluding diaryl/α,β-unsaturated/α-hetero) is 1. The largest absolute Gasteiger partial charge is 0.471 e. The molecule has 2 radical (unpaired) electrons. The van der Waals surface area contributed by atoms with Crippen molar-refractivity contribution in [1.82, 2.24) is 19.4 Å². The van der Waals surface area contributed by atoms with Crippen LogP contribution in [0.2, 0.25) is 0 Å². The maximum atomic E-state index is 14.4. The molecule has 4 heterocycles. The van der Waals surface area contributed by atoms with Crippen LogP contribution in [0.15, 0.2) is 42.5 Å². The number of ketones is 1. The second-order valence-corrected chi connectivity index (χ2v) is 10.2. The molecule has 0 spiro atoms. The third kappa shape index (κ3) is 4.99. The van der Waals surface area contributed by atoms with E-state index in [1.807, 2.05) is 38.2 Å². The molecule has 9 heteroatoms. The monoisotopic (exact) mass is 500 g/mol. The molecule has 0 fully saturated rings. The van der Waals surface area contributed by atoms with Crippen LogP contribution in [0.5, 0.6) is 5.88 Å². The first-order chi connectivity index (χ1) is 17.3. The molecule has 0 atom stereocenters. The second-order valence-electron chi connectivity index (χ2n) is 9.13. The molecule has 3 aromatic heterocycles. The molecule has 0 N–H and O–H groups in total. The number of halogens is 1. The third-order valence-corrected chi connectivity index (χ3v) is 7.75. The molecule has 0 saturated heterocycles. The van der Waals surface area contributed by atoms with E-state index in [-0.39, 0.29) is 18.3 Å². The highest BCUT2D eigenvalue weighted by molar-refractivity contribution is 7.20. The van der Waals surface area contributed by atoms with Gasteiger partial charge in [-0.3, -0.25) is 9.69 Å². The van der Waals surface area contributed by atoms with E-state index in [1.165, 1.54) is 17.4 Å². The predicted molar refractivity (Wildman–Crippen MR) is 142 cm³/mol. The number of ether oxygens (including phenoxy) is 1. The number of carbonyl (C=O) groups is 1. The van der Waals surface area contributed by atoms with Gasteiger partial charge in [0.15, 0.2) is 11.6 Å². The first-order valence-corrected chi connectivity index (χ1v) is 12.6. The molecule has 182 valence electrons. The third-order valence-electron chi connectivity index (χ3n) is 6.45. The average molecular weight is 500 g/mol. The Kier molecular flexibility index (Phi) is 6.77. The standard InChI is InChI=1S/C27H26BFN4O2S/c1-16-4-5-19(20(28)12-16)15-35-26-21(29)6-7-22(31-26)18-8-10-33(11-9-18)14-25-30-23-13-24(17(2)34)36-27(23)32(25)3/h4-8,12-13H,9-11,14-15H2,1-3H3. The number of imidazole rings is 1. The van der Waals surface area contributed by atoms with Crippen LogP contribution in [0.1, 0.15) is 45.7 Å². The van der Waals surface area contributed by atoms with Crippen LogP contribution in [0.3, 0.4) is 0 Å². The number of hydrogen-bond donors (Lipinski definition) is 0. The van der Waals surface area contributed by atoms with Crippen LogP contribution in [-0.2, 0) is 20.2 Å². The number of pyridine rings is 1. The number of nitrogens with zero attached hydrogens (tertiary/aromatic N) is 4. The van der Waals surface area contributed by atoms with Crippen molar-refractivity contribution in [2.75, 3.05) is 13.1 Å². The number of benzene rings is 1. The topological polar surface area (TPSA) is 60.2 Å². The lowest BCUT2D eigenvalue weighted by Gasteiger charge is -2.26.